The highest BCUT2D eigenvalue weighted by atomic mass is 79.9. The molecule has 1 amide bonds. The van der Waals surface area contributed by atoms with Gasteiger partial charge in [0.2, 0.25) is 0 Å². The maximum Gasteiger partial charge on any atom is 0.287 e. The lowest BCUT2D eigenvalue weighted by Crippen LogP contribution is -2.37. The first kappa shape index (κ1) is 18.5. The number of furan rings is 1. The fraction of sp³-hybridized carbons (Fsp3) is 0.267. The van der Waals surface area contributed by atoms with Gasteiger partial charge in [0.1, 0.15) is 18.1 Å². The van der Waals surface area contributed by atoms with Gasteiger partial charge in [-0.1, -0.05) is 22.0 Å². The molecule has 7 heteroatoms. The van der Waals surface area contributed by atoms with Crippen LogP contribution in [0.25, 0.3) is 0 Å². The normalized spacial score (nSPS) is 11.4. The van der Waals surface area contributed by atoms with Crippen LogP contribution in [0.5, 0.6) is 5.75 Å². The summed E-state index contributed by atoms with van der Waals surface area (Å²) in [5.74, 6) is 1.29. The van der Waals surface area contributed by atoms with E-state index < -0.39 is 0 Å². The van der Waals surface area contributed by atoms with Gasteiger partial charge in [-0.15, -0.1) is 12.4 Å². The summed E-state index contributed by atoms with van der Waals surface area (Å²) >= 11 is 3.37. The summed E-state index contributed by atoms with van der Waals surface area (Å²) in [6.07, 6.45) is 0. The first-order valence-electron chi connectivity index (χ1n) is 6.56. The van der Waals surface area contributed by atoms with Gasteiger partial charge >= 0.3 is 0 Å². The molecule has 0 fully saturated rings. The smallest absolute Gasteiger partial charge is 0.287 e. The highest BCUT2D eigenvalue weighted by Crippen LogP contribution is 2.19. The van der Waals surface area contributed by atoms with Crippen LogP contribution in [0.1, 0.15) is 23.2 Å². The van der Waals surface area contributed by atoms with Crippen molar-refractivity contribution in [3.05, 3.63) is 52.4 Å². The van der Waals surface area contributed by atoms with E-state index in [0.717, 1.165) is 10.2 Å². The Bertz CT molecular complexity index is 618. The van der Waals surface area contributed by atoms with E-state index >= 15 is 0 Å². The number of rotatable bonds is 6. The fourth-order valence-electron chi connectivity index (χ4n) is 1.64. The molecule has 0 radical (unpaired) electrons. The molecule has 0 aliphatic rings. The van der Waals surface area contributed by atoms with Gasteiger partial charge in [0.05, 0.1) is 0 Å². The Morgan fingerprint density at radius 1 is 1.41 bits per heavy atom. The topological polar surface area (TPSA) is 77.5 Å². The van der Waals surface area contributed by atoms with Gasteiger partial charge < -0.3 is 20.2 Å². The summed E-state index contributed by atoms with van der Waals surface area (Å²) in [6.45, 7) is 2.47. The summed E-state index contributed by atoms with van der Waals surface area (Å²) in [5, 5.41) is 2.74. The molecular weight excluding hydrogens is 372 g/mol. The standard InChI is InChI=1S/C15H17BrN2O3.ClH/c1-10(8-17)18-15(19)14-6-5-13(21-14)9-20-12-4-2-3-11(16)7-12;/h2-7,10H,8-9,17H2,1H3,(H,18,19);1H/t10-;/m0./s1. The molecule has 0 spiro atoms. The molecular formula is C15H18BrClN2O3. The Kier molecular flexibility index (Phi) is 7.44. The molecule has 1 atom stereocenters. The van der Waals surface area contributed by atoms with Crippen LogP contribution in [0.15, 0.2) is 45.3 Å². The van der Waals surface area contributed by atoms with Gasteiger partial charge in [-0.2, -0.15) is 0 Å². The van der Waals surface area contributed by atoms with Crippen LogP contribution in [0.4, 0.5) is 0 Å². The molecule has 3 N–H and O–H groups in total. The summed E-state index contributed by atoms with van der Waals surface area (Å²) in [4.78, 5) is 11.8. The van der Waals surface area contributed by atoms with Crippen molar-refractivity contribution < 1.29 is 13.9 Å². The minimum atomic E-state index is -0.276. The van der Waals surface area contributed by atoms with Crippen molar-refractivity contribution in [2.75, 3.05) is 6.54 Å². The number of carbonyl (C=O) groups is 1. The Labute approximate surface area is 143 Å². The number of carbonyl (C=O) groups excluding carboxylic acids is 1. The molecule has 1 aromatic heterocycles. The van der Waals surface area contributed by atoms with Crippen molar-refractivity contribution >= 4 is 34.2 Å². The van der Waals surface area contributed by atoms with Crippen molar-refractivity contribution in [1.29, 1.82) is 0 Å². The number of amides is 1. The third-order valence-electron chi connectivity index (χ3n) is 2.79. The van der Waals surface area contributed by atoms with Crippen LogP contribution in [0.2, 0.25) is 0 Å². The van der Waals surface area contributed by atoms with E-state index in [-0.39, 0.29) is 36.7 Å². The number of ether oxygens (including phenoxy) is 1. The quantitative estimate of drug-likeness (QED) is 0.796. The second-order valence-corrected chi connectivity index (χ2v) is 5.54. The third-order valence-corrected chi connectivity index (χ3v) is 3.29. The van der Waals surface area contributed by atoms with Gasteiger partial charge in [-0.3, -0.25) is 4.79 Å². The number of hydrogen-bond acceptors (Lipinski definition) is 4. The lowest BCUT2D eigenvalue weighted by atomic mass is 10.3. The molecule has 22 heavy (non-hydrogen) atoms. The highest BCUT2D eigenvalue weighted by Gasteiger charge is 2.13. The molecule has 0 saturated heterocycles. The zero-order valence-corrected chi connectivity index (χ0v) is 14.4. The molecule has 0 aliphatic carbocycles. The summed E-state index contributed by atoms with van der Waals surface area (Å²) in [5.41, 5.74) is 5.46. The van der Waals surface area contributed by atoms with Crippen molar-refractivity contribution in [3.8, 4) is 5.75 Å². The lowest BCUT2D eigenvalue weighted by molar-refractivity contribution is 0.0909. The monoisotopic (exact) mass is 388 g/mol. The van der Waals surface area contributed by atoms with E-state index in [0.29, 0.717) is 12.3 Å². The van der Waals surface area contributed by atoms with E-state index in [9.17, 15) is 4.79 Å². The molecule has 5 nitrogen and oxygen atoms in total. The van der Waals surface area contributed by atoms with Gasteiger partial charge in [0, 0.05) is 17.1 Å². The first-order valence-corrected chi connectivity index (χ1v) is 7.36. The average molecular weight is 390 g/mol. The second-order valence-electron chi connectivity index (χ2n) is 4.62. The van der Waals surface area contributed by atoms with Gasteiger partial charge in [0.15, 0.2) is 5.76 Å². The number of nitrogens with two attached hydrogens (primary N) is 1. The van der Waals surface area contributed by atoms with E-state index in [2.05, 4.69) is 21.2 Å². The largest absolute Gasteiger partial charge is 0.486 e. The third kappa shape index (κ3) is 5.36. The van der Waals surface area contributed by atoms with Crippen molar-refractivity contribution in [2.45, 2.75) is 19.6 Å². The maximum atomic E-state index is 11.8. The average Bonchev–Trinajstić information content (AvgIpc) is 2.94. The minimum absolute atomic E-state index is 0. The molecule has 2 aromatic rings. The first-order chi connectivity index (χ1) is 10.1. The van der Waals surface area contributed by atoms with Crippen LogP contribution in [-0.2, 0) is 6.61 Å². The zero-order chi connectivity index (χ0) is 15.2. The van der Waals surface area contributed by atoms with E-state index in [1.54, 1.807) is 12.1 Å². The van der Waals surface area contributed by atoms with Crippen LogP contribution in [0.3, 0.4) is 0 Å². The second kappa shape index (κ2) is 8.82. The van der Waals surface area contributed by atoms with Crippen LogP contribution in [0, 0.1) is 0 Å². The molecule has 0 aliphatic heterocycles. The Morgan fingerprint density at radius 3 is 2.86 bits per heavy atom. The van der Waals surface area contributed by atoms with Gasteiger partial charge in [0.25, 0.3) is 5.91 Å². The van der Waals surface area contributed by atoms with Crippen molar-refractivity contribution in [3.63, 3.8) is 0 Å². The Morgan fingerprint density at radius 2 is 2.18 bits per heavy atom. The summed E-state index contributed by atoms with van der Waals surface area (Å²) in [6, 6.07) is 10.8. The summed E-state index contributed by atoms with van der Waals surface area (Å²) in [7, 11) is 0. The predicted molar refractivity (Wildman–Crippen MR) is 90.4 cm³/mol. The number of nitrogens with one attached hydrogen (secondary N) is 1. The van der Waals surface area contributed by atoms with E-state index in [4.69, 9.17) is 14.9 Å². The van der Waals surface area contributed by atoms with Crippen molar-refractivity contribution in [1.82, 2.24) is 5.32 Å². The number of halogens is 2. The Balaban J connectivity index is 0.00000242. The van der Waals surface area contributed by atoms with E-state index in [1.165, 1.54) is 0 Å². The molecule has 120 valence electrons. The zero-order valence-electron chi connectivity index (χ0n) is 12.0. The van der Waals surface area contributed by atoms with Gasteiger partial charge in [-0.25, -0.2) is 0 Å². The molecule has 0 bridgehead atoms. The van der Waals surface area contributed by atoms with Crippen LogP contribution >= 0.6 is 28.3 Å². The summed E-state index contributed by atoms with van der Waals surface area (Å²) < 4.78 is 12.0. The predicted octanol–water partition coefficient (Wildman–Crippen LogP) is 3.12. The minimum Gasteiger partial charge on any atom is -0.486 e. The maximum absolute atomic E-state index is 11.8. The van der Waals surface area contributed by atoms with Crippen molar-refractivity contribution in [2.24, 2.45) is 5.73 Å². The number of hydrogen-bond donors (Lipinski definition) is 2. The Hall–Kier alpha value is -1.50. The molecule has 0 unspecified atom stereocenters. The number of benzene rings is 1. The molecule has 1 aromatic carbocycles. The molecule has 2 rings (SSSR count). The van der Waals surface area contributed by atoms with Crippen LogP contribution in [-0.4, -0.2) is 18.5 Å². The SMILES string of the molecule is C[C@@H](CN)NC(=O)c1ccc(COc2cccc(Br)c2)o1.Cl. The fourth-order valence-corrected chi connectivity index (χ4v) is 2.02. The van der Waals surface area contributed by atoms with Crippen LogP contribution < -0.4 is 15.8 Å². The van der Waals surface area contributed by atoms with E-state index in [1.807, 2.05) is 31.2 Å². The lowest BCUT2D eigenvalue weighted by Gasteiger charge is -2.09. The highest BCUT2D eigenvalue weighted by molar-refractivity contribution is 9.10. The molecule has 0 saturated carbocycles. The molecule has 1 heterocycles. The van der Waals surface area contributed by atoms with Gasteiger partial charge in [-0.05, 0) is 37.3 Å².